The van der Waals surface area contributed by atoms with Crippen molar-refractivity contribution in [2.75, 3.05) is 11.1 Å². The van der Waals surface area contributed by atoms with Crippen molar-refractivity contribution in [3.8, 4) is 6.07 Å². The quantitative estimate of drug-likeness (QED) is 0.815. The number of hydrogen-bond donors (Lipinski definition) is 2. The Kier molecular flexibility index (Phi) is 3.26. The number of carbonyl (C=O) groups excluding carboxylic acids is 1. The molecule has 0 aliphatic heterocycles. The van der Waals surface area contributed by atoms with Crippen molar-refractivity contribution in [3.63, 3.8) is 0 Å². The lowest BCUT2D eigenvalue weighted by Gasteiger charge is -2.06. The summed E-state index contributed by atoms with van der Waals surface area (Å²) in [5.74, 6) is -0.968. The molecule has 1 aromatic heterocycles. The van der Waals surface area contributed by atoms with E-state index in [-0.39, 0.29) is 11.3 Å². The smallest absolute Gasteiger partial charge is 0.258 e. The molecule has 3 N–H and O–H groups in total. The second kappa shape index (κ2) is 4.85. The Morgan fingerprint density at radius 2 is 2.22 bits per heavy atom. The highest BCUT2D eigenvalue weighted by Gasteiger charge is 2.13. The van der Waals surface area contributed by atoms with Gasteiger partial charge in [0, 0.05) is 5.69 Å². The van der Waals surface area contributed by atoms with Crippen LogP contribution >= 0.6 is 11.3 Å². The number of nitrogens with one attached hydrogen (secondary N) is 1. The first-order valence-corrected chi connectivity index (χ1v) is 5.83. The maximum absolute atomic E-state index is 12.9. The number of rotatable bonds is 2. The summed E-state index contributed by atoms with van der Waals surface area (Å²) in [4.78, 5) is 11.9. The highest BCUT2D eigenvalue weighted by Crippen LogP contribution is 2.24. The number of anilines is 2. The lowest BCUT2D eigenvalue weighted by molar-refractivity contribution is 0.102. The van der Waals surface area contributed by atoms with E-state index in [9.17, 15) is 9.18 Å². The summed E-state index contributed by atoms with van der Waals surface area (Å²) in [5.41, 5.74) is 6.18. The van der Waals surface area contributed by atoms with E-state index in [2.05, 4.69) is 5.32 Å². The standard InChI is InChI=1S/C12H8FN3OS/c13-8-1-2-9(10(15)5-8)11(17)16-12-7(6-14)3-4-18-12/h1-5H,15H2,(H,16,17). The van der Waals surface area contributed by atoms with Gasteiger partial charge in [0.25, 0.3) is 5.91 Å². The summed E-state index contributed by atoms with van der Waals surface area (Å²) >= 11 is 1.24. The van der Waals surface area contributed by atoms with Crippen LogP contribution in [0.15, 0.2) is 29.6 Å². The van der Waals surface area contributed by atoms with Gasteiger partial charge in [0.1, 0.15) is 16.9 Å². The summed E-state index contributed by atoms with van der Waals surface area (Å²) < 4.78 is 12.9. The molecule has 0 saturated carbocycles. The molecule has 6 heteroatoms. The SMILES string of the molecule is N#Cc1ccsc1NC(=O)c1ccc(F)cc1N. The molecule has 2 rings (SSSR count). The maximum Gasteiger partial charge on any atom is 0.258 e. The number of halogens is 1. The molecular formula is C12H8FN3OS. The van der Waals surface area contributed by atoms with Crippen LogP contribution in [0.25, 0.3) is 0 Å². The summed E-state index contributed by atoms with van der Waals surface area (Å²) in [7, 11) is 0. The van der Waals surface area contributed by atoms with E-state index in [1.807, 2.05) is 6.07 Å². The highest BCUT2D eigenvalue weighted by atomic mass is 32.1. The van der Waals surface area contributed by atoms with E-state index in [0.29, 0.717) is 10.6 Å². The van der Waals surface area contributed by atoms with Gasteiger partial charge in [-0.3, -0.25) is 4.79 Å². The molecule has 4 nitrogen and oxygen atoms in total. The van der Waals surface area contributed by atoms with Crippen molar-refractivity contribution in [1.82, 2.24) is 0 Å². The first-order valence-electron chi connectivity index (χ1n) is 4.96. The normalized spacial score (nSPS) is 9.78. The molecule has 0 unspecified atom stereocenters. The second-order valence-electron chi connectivity index (χ2n) is 3.46. The molecule has 0 spiro atoms. The van der Waals surface area contributed by atoms with Crippen molar-refractivity contribution >= 4 is 27.9 Å². The lowest BCUT2D eigenvalue weighted by atomic mass is 10.1. The molecule has 0 bridgehead atoms. The fourth-order valence-corrected chi connectivity index (χ4v) is 2.14. The highest BCUT2D eigenvalue weighted by molar-refractivity contribution is 7.14. The van der Waals surface area contributed by atoms with E-state index in [4.69, 9.17) is 11.0 Å². The van der Waals surface area contributed by atoms with Crippen molar-refractivity contribution in [2.24, 2.45) is 0 Å². The van der Waals surface area contributed by atoms with Gasteiger partial charge in [-0.15, -0.1) is 11.3 Å². The third-order valence-corrected chi connectivity index (χ3v) is 3.10. The zero-order chi connectivity index (χ0) is 13.1. The average molecular weight is 261 g/mol. The molecule has 0 atom stereocenters. The number of hydrogen-bond acceptors (Lipinski definition) is 4. The zero-order valence-electron chi connectivity index (χ0n) is 9.11. The number of carbonyl (C=O) groups is 1. The first-order chi connectivity index (χ1) is 8.61. The molecule has 0 saturated heterocycles. The third-order valence-electron chi connectivity index (χ3n) is 2.27. The molecule has 18 heavy (non-hydrogen) atoms. The van der Waals surface area contributed by atoms with Crippen LogP contribution in [0.3, 0.4) is 0 Å². The zero-order valence-corrected chi connectivity index (χ0v) is 9.92. The fraction of sp³-hybridized carbons (Fsp3) is 0. The number of benzene rings is 1. The molecule has 0 aliphatic carbocycles. The fourth-order valence-electron chi connectivity index (χ4n) is 1.40. The molecule has 0 aliphatic rings. The Morgan fingerprint density at radius 3 is 2.89 bits per heavy atom. The van der Waals surface area contributed by atoms with E-state index in [1.54, 1.807) is 11.4 Å². The topological polar surface area (TPSA) is 78.9 Å². The number of thiophene rings is 1. The summed E-state index contributed by atoms with van der Waals surface area (Å²) in [6.07, 6.45) is 0. The van der Waals surface area contributed by atoms with Gasteiger partial charge in [-0.25, -0.2) is 4.39 Å². The van der Waals surface area contributed by atoms with Crippen molar-refractivity contribution in [1.29, 1.82) is 5.26 Å². The van der Waals surface area contributed by atoms with E-state index >= 15 is 0 Å². The van der Waals surface area contributed by atoms with Gasteiger partial charge in [0.05, 0.1) is 11.1 Å². The number of nitriles is 1. The molecule has 0 radical (unpaired) electrons. The first kappa shape index (κ1) is 12.1. The molecular weight excluding hydrogens is 253 g/mol. The Morgan fingerprint density at radius 1 is 1.44 bits per heavy atom. The number of nitrogen functional groups attached to an aromatic ring is 1. The number of nitrogens with two attached hydrogens (primary N) is 1. The van der Waals surface area contributed by atoms with Crippen molar-refractivity contribution < 1.29 is 9.18 Å². The number of nitrogens with zero attached hydrogens (tertiary/aromatic N) is 1. The molecule has 1 amide bonds. The molecule has 1 heterocycles. The minimum atomic E-state index is -0.502. The van der Waals surface area contributed by atoms with Crippen LogP contribution in [-0.2, 0) is 0 Å². The largest absolute Gasteiger partial charge is 0.398 e. The Balaban J connectivity index is 2.25. The van der Waals surface area contributed by atoms with Crippen LogP contribution in [0.4, 0.5) is 15.1 Å². The predicted molar refractivity (Wildman–Crippen MR) is 67.8 cm³/mol. The van der Waals surface area contributed by atoms with Crippen molar-refractivity contribution in [3.05, 3.63) is 46.6 Å². The summed E-state index contributed by atoms with van der Waals surface area (Å²) in [5, 5.41) is 13.5. The van der Waals surface area contributed by atoms with E-state index in [1.165, 1.54) is 17.4 Å². The van der Waals surface area contributed by atoms with Crippen LogP contribution < -0.4 is 11.1 Å². The van der Waals surface area contributed by atoms with Gasteiger partial charge < -0.3 is 11.1 Å². The third kappa shape index (κ3) is 2.31. The van der Waals surface area contributed by atoms with Crippen LogP contribution in [0, 0.1) is 17.1 Å². The van der Waals surface area contributed by atoms with Gasteiger partial charge in [0.15, 0.2) is 0 Å². The summed E-state index contributed by atoms with van der Waals surface area (Å²) in [6.45, 7) is 0. The average Bonchev–Trinajstić information content (AvgIpc) is 2.76. The maximum atomic E-state index is 12.9. The van der Waals surface area contributed by atoms with E-state index in [0.717, 1.165) is 12.1 Å². The minimum absolute atomic E-state index is 0.0579. The van der Waals surface area contributed by atoms with Crippen LogP contribution in [0.1, 0.15) is 15.9 Å². The van der Waals surface area contributed by atoms with Crippen LogP contribution in [0.2, 0.25) is 0 Å². The molecule has 90 valence electrons. The number of amides is 1. The molecule has 0 fully saturated rings. The monoisotopic (exact) mass is 261 g/mol. The summed E-state index contributed by atoms with van der Waals surface area (Å²) in [6, 6.07) is 7.11. The predicted octanol–water partition coefficient (Wildman–Crippen LogP) is 2.59. The van der Waals surface area contributed by atoms with Gasteiger partial charge in [-0.2, -0.15) is 5.26 Å². The Hall–Kier alpha value is -2.39. The van der Waals surface area contributed by atoms with E-state index < -0.39 is 11.7 Å². The second-order valence-corrected chi connectivity index (χ2v) is 4.38. The van der Waals surface area contributed by atoms with Crippen molar-refractivity contribution in [2.45, 2.75) is 0 Å². The molecule has 2 aromatic rings. The van der Waals surface area contributed by atoms with Crippen LogP contribution in [0.5, 0.6) is 0 Å². The molecule has 1 aromatic carbocycles. The van der Waals surface area contributed by atoms with Gasteiger partial charge in [0.2, 0.25) is 0 Å². The minimum Gasteiger partial charge on any atom is -0.398 e. The Bertz CT molecular complexity index is 645. The van der Waals surface area contributed by atoms with Crippen LogP contribution in [-0.4, -0.2) is 5.91 Å². The van der Waals surface area contributed by atoms with Gasteiger partial charge in [-0.1, -0.05) is 0 Å². The van der Waals surface area contributed by atoms with Gasteiger partial charge in [-0.05, 0) is 29.6 Å². The van der Waals surface area contributed by atoms with Gasteiger partial charge >= 0.3 is 0 Å². The Labute approximate surface area is 106 Å². The lowest BCUT2D eigenvalue weighted by Crippen LogP contribution is -2.14.